The maximum atomic E-state index is 11.5. The van der Waals surface area contributed by atoms with Gasteiger partial charge in [-0.3, -0.25) is 4.90 Å². The molecule has 0 aliphatic rings. The summed E-state index contributed by atoms with van der Waals surface area (Å²) >= 11 is 1.74. The molecular weight excluding hydrogens is 316 g/mol. The minimum absolute atomic E-state index is 0.231. The van der Waals surface area contributed by atoms with Gasteiger partial charge >= 0.3 is 0 Å². The van der Waals surface area contributed by atoms with Gasteiger partial charge in [0.1, 0.15) is 0 Å². The van der Waals surface area contributed by atoms with Gasteiger partial charge in [0.25, 0.3) is 0 Å². The zero-order chi connectivity index (χ0) is 16.3. The zero-order valence-corrected chi connectivity index (χ0v) is 15.0. The lowest BCUT2D eigenvalue weighted by atomic mass is 10.1. The Labute approximate surface area is 136 Å². The highest BCUT2D eigenvalue weighted by molar-refractivity contribution is 7.90. The summed E-state index contributed by atoms with van der Waals surface area (Å²) in [5.74, 6) is 0. The van der Waals surface area contributed by atoms with E-state index in [0.717, 1.165) is 23.5 Å². The number of likely N-dealkylation sites (N-methyl/N-ethyl adjacent to an activating group) is 1. The van der Waals surface area contributed by atoms with Crippen LogP contribution < -0.4 is 0 Å². The lowest BCUT2D eigenvalue weighted by molar-refractivity contribution is 0.264. The molecule has 0 saturated heterocycles. The van der Waals surface area contributed by atoms with Crippen LogP contribution in [0.5, 0.6) is 0 Å². The highest BCUT2D eigenvalue weighted by atomic mass is 32.2. The van der Waals surface area contributed by atoms with Gasteiger partial charge in [-0.2, -0.15) is 0 Å². The highest BCUT2D eigenvalue weighted by Crippen LogP contribution is 2.21. The van der Waals surface area contributed by atoms with Crippen molar-refractivity contribution in [3.05, 3.63) is 45.9 Å². The molecule has 0 aliphatic heterocycles. The highest BCUT2D eigenvalue weighted by Gasteiger charge is 2.14. The molecular formula is C16H22N2O2S2. The van der Waals surface area contributed by atoms with Crippen LogP contribution in [0, 0.1) is 6.92 Å². The number of aromatic nitrogens is 1. The van der Waals surface area contributed by atoms with Crippen molar-refractivity contribution in [2.45, 2.75) is 31.2 Å². The van der Waals surface area contributed by atoms with Crippen LogP contribution in [-0.4, -0.2) is 38.1 Å². The fourth-order valence-electron chi connectivity index (χ4n) is 2.23. The molecule has 0 fully saturated rings. The molecule has 4 nitrogen and oxygen atoms in total. The van der Waals surface area contributed by atoms with E-state index in [4.69, 9.17) is 0 Å². The first-order valence-corrected chi connectivity index (χ1v) is 9.89. The van der Waals surface area contributed by atoms with Crippen molar-refractivity contribution in [2.75, 3.05) is 19.8 Å². The number of sulfone groups is 1. The summed E-state index contributed by atoms with van der Waals surface area (Å²) in [7, 11) is -1.05. The Morgan fingerprint density at radius 3 is 2.41 bits per heavy atom. The maximum absolute atomic E-state index is 11.5. The normalized spacial score (nSPS) is 13.5. The van der Waals surface area contributed by atoms with Crippen LogP contribution >= 0.6 is 11.3 Å². The van der Waals surface area contributed by atoms with Crippen molar-refractivity contribution in [3.8, 4) is 0 Å². The van der Waals surface area contributed by atoms with Gasteiger partial charge in [0.05, 0.1) is 9.90 Å². The monoisotopic (exact) mass is 338 g/mol. The van der Waals surface area contributed by atoms with Crippen LogP contribution in [0.1, 0.15) is 28.4 Å². The minimum Gasteiger partial charge on any atom is -0.299 e. The predicted molar refractivity (Wildman–Crippen MR) is 91.2 cm³/mol. The molecule has 6 heteroatoms. The maximum Gasteiger partial charge on any atom is 0.175 e. The molecule has 0 saturated carbocycles. The van der Waals surface area contributed by atoms with Crippen LogP contribution in [-0.2, 0) is 16.3 Å². The van der Waals surface area contributed by atoms with Crippen molar-refractivity contribution < 1.29 is 8.42 Å². The number of aryl methyl sites for hydroxylation is 1. The molecule has 0 radical (unpaired) electrons. The second-order valence-electron chi connectivity index (χ2n) is 5.61. The van der Waals surface area contributed by atoms with Crippen LogP contribution in [0.25, 0.3) is 0 Å². The first kappa shape index (κ1) is 17.1. The predicted octanol–water partition coefficient (Wildman–Crippen LogP) is 3.09. The first-order chi connectivity index (χ1) is 10.3. The van der Waals surface area contributed by atoms with Crippen LogP contribution in [0.2, 0.25) is 0 Å². The number of thiazole rings is 1. The van der Waals surface area contributed by atoms with Crippen LogP contribution in [0.4, 0.5) is 0 Å². The largest absolute Gasteiger partial charge is 0.299 e. The summed E-state index contributed by atoms with van der Waals surface area (Å²) in [4.78, 5) is 8.24. The van der Waals surface area contributed by atoms with E-state index in [2.05, 4.69) is 30.8 Å². The van der Waals surface area contributed by atoms with Gasteiger partial charge in [-0.25, -0.2) is 13.4 Å². The lowest BCUT2D eigenvalue weighted by Crippen LogP contribution is -2.24. The van der Waals surface area contributed by atoms with E-state index in [0.29, 0.717) is 4.90 Å². The number of hydrogen-bond donors (Lipinski definition) is 0. The standard InChI is InChI=1S/C16H22N2O2S2/c1-12-11-17-16(21-12)9-10-18(3)13(2)14-5-7-15(8-6-14)22(4,19)20/h5-8,11,13H,9-10H2,1-4H3/t13-/m1/s1. The molecule has 1 heterocycles. The topological polar surface area (TPSA) is 50.3 Å². The van der Waals surface area contributed by atoms with E-state index in [1.807, 2.05) is 18.3 Å². The summed E-state index contributed by atoms with van der Waals surface area (Å²) in [6.45, 7) is 5.11. The lowest BCUT2D eigenvalue weighted by Gasteiger charge is -2.24. The molecule has 0 bridgehead atoms. The average molecular weight is 338 g/mol. The van der Waals surface area contributed by atoms with Crippen molar-refractivity contribution in [3.63, 3.8) is 0 Å². The van der Waals surface area contributed by atoms with E-state index in [-0.39, 0.29) is 6.04 Å². The SMILES string of the molecule is Cc1cnc(CCN(C)[C@H](C)c2ccc(S(C)(=O)=O)cc2)s1. The molecule has 0 aliphatic carbocycles. The van der Waals surface area contributed by atoms with E-state index >= 15 is 0 Å². The molecule has 2 aromatic rings. The summed E-state index contributed by atoms with van der Waals surface area (Å²) in [6, 6.07) is 7.38. The number of nitrogens with zero attached hydrogens (tertiary/aromatic N) is 2. The Hall–Kier alpha value is -1.24. The van der Waals surface area contributed by atoms with E-state index in [1.165, 1.54) is 11.1 Å². The smallest absolute Gasteiger partial charge is 0.175 e. The molecule has 1 aromatic carbocycles. The molecule has 1 aromatic heterocycles. The Morgan fingerprint density at radius 2 is 1.91 bits per heavy atom. The molecule has 2 rings (SSSR count). The minimum atomic E-state index is -3.13. The zero-order valence-electron chi connectivity index (χ0n) is 13.4. The van der Waals surface area contributed by atoms with Gasteiger partial charge in [0, 0.05) is 36.3 Å². The van der Waals surface area contributed by atoms with Gasteiger partial charge in [0.15, 0.2) is 9.84 Å². The molecule has 0 spiro atoms. The molecule has 22 heavy (non-hydrogen) atoms. The number of benzene rings is 1. The van der Waals surface area contributed by atoms with Crippen LogP contribution in [0.15, 0.2) is 35.4 Å². The third kappa shape index (κ3) is 4.38. The Balaban J connectivity index is 1.99. The summed E-state index contributed by atoms with van der Waals surface area (Å²) in [6.07, 6.45) is 4.07. The van der Waals surface area contributed by atoms with Crippen molar-refractivity contribution in [2.24, 2.45) is 0 Å². The molecule has 0 amide bonds. The Morgan fingerprint density at radius 1 is 1.27 bits per heavy atom. The van der Waals surface area contributed by atoms with E-state index in [1.54, 1.807) is 23.5 Å². The molecule has 1 atom stereocenters. The number of rotatable bonds is 6. The molecule has 0 N–H and O–H groups in total. The van der Waals surface area contributed by atoms with Gasteiger partial charge in [0.2, 0.25) is 0 Å². The second kappa shape index (κ2) is 6.89. The second-order valence-corrected chi connectivity index (χ2v) is 8.95. The quantitative estimate of drug-likeness (QED) is 0.812. The summed E-state index contributed by atoms with van der Waals surface area (Å²) < 4.78 is 23.0. The van der Waals surface area contributed by atoms with Gasteiger partial charge in [-0.1, -0.05) is 12.1 Å². The van der Waals surface area contributed by atoms with Crippen molar-refractivity contribution >= 4 is 21.2 Å². The fourth-order valence-corrected chi connectivity index (χ4v) is 3.64. The molecule has 0 unspecified atom stereocenters. The summed E-state index contributed by atoms with van der Waals surface area (Å²) in [5.41, 5.74) is 1.12. The van der Waals surface area contributed by atoms with Gasteiger partial charge in [-0.05, 0) is 38.6 Å². The van der Waals surface area contributed by atoms with Gasteiger partial charge in [-0.15, -0.1) is 11.3 Å². The number of hydrogen-bond acceptors (Lipinski definition) is 5. The molecule has 120 valence electrons. The van der Waals surface area contributed by atoms with E-state index in [9.17, 15) is 8.42 Å². The third-order valence-corrected chi connectivity index (χ3v) is 5.90. The first-order valence-electron chi connectivity index (χ1n) is 7.19. The Kier molecular flexibility index (Phi) is 5.36. The van der Waals surface area contributed by atoms with Crippen molar-refractivity contribution in [1.29, 1.82) is 0 Å². The van der Waals surface area contributed by atoms with Gasteiger partial charge < -0.3 is 0 Å². The summed E-state index contributed by atoms with van der Waals surface area (Å²) in [5, 5.41) is 1.16. The Bertz CT molecular complexity index is 721. The average Bonchev–Trinajstić information content (AvgIpc) is 2.89. The van der Waals surface area contributed by atoms with E-state index < -0.39 is 9.84 Å². The fraction of sp³-hybridized carbons (Fsp3) is 0.438. The van der Waals surface area contributed by atoms with Crippen LogP contribution in [0.3, 0.4) is 0 Å². The van der Waals surface area contributed by atoms with Crippen molar-refractivity contribution in [1.82, 2.24) is 9.88 Å². The third-order valence-electron chi connectivity index (χ3n) is 3.80.